The molecule has 18 heavy (non-hydrogen) atoms. The van der Waals surface area contributed by atoms with Crippen LogP contribution in [-0.2, 0) is 10.2 Å². The Bertz CT molecular complexity index is 371. The molecule has 3 N–H and O–H groups in total. The van der Waals surface area contributed by atoms with Crippen molar-refractivity contribution >= 4 is 5.91 Å². The van der Waals surface area contributed by atoms with Gasteiger partial charge in [0.2, 0.25) is 5.91 Å². The fourth-order valence-electron chi connectivity index (χ4n) is 1.89. The minimum atomic E-state index is -0.139. The van der Waals surface area contributed by atoms with Gasteiger partial charge in [0.1, 0.15) is 0 Å². The van der Waals surface area contributed by atoms with Gasteiger partial charge in [-0.25, -0.2) is 0 Å². The van der Waals surface area contributed by atoms with Crippen LogP contribution in [-0.4, -0.2) is 18.5 Å². The summed E-state index contributed by atoms with van der Waals surface area (Å²) in [6.45, 7) is 6.78. The second-order valence-electron chi connectivity index (χ2n) is 5.54. The zero-order valence-electron chi connectivity index (χ0n) is 11.6. The first-order valence-corrected chi connectivity index (χ1v) is 6.49. The van der Waals surface area contributed by atoms with Crippen LogP contribution in [0.1, 0.15) is 39.2 Å². The zero-order valence-corrected chi connectivity index (χ0v) is 11.6. The van der Waals surface area contributed by atoms with Crippen LogP contribution in [0.4, 0.5) is 0 Å². The van der Waals surface area contributed by atoms with Gasteiger partial charge in [-0.3, -0.25) is 4.79 Å². The monoisotopic (exact) mass is 248 g/mol. The molecule has 0 aliphatic carbocycles. The molecule has 100 valence electrons. The minimum absolute atomic E-state index is 0.0875. The maximum atomic E-state index is 11.9. The lowest BCUT2D eigenvalue weighted by Gasteiger charge is -2.24. The van der Waals surface area contributed by atoms with Gasteiger partial charge in [0.05, 0.1) is 0 Å². The van der Waals surface area contributed by atoms with Crippen molar-refractivity contribution in [2.24, 2.45) is 5.73 Å². The van der Waals surface area contributed by atoms with E-state index in [2.05, 4.69) is 31.3 Å². The first-order chi connectivity index (χ1) is 8.42. The summed E-state index contributed by atoms with van der Waals surface area (Å²) < 4.78 is 0. The van der Waals surface area contributed by atoms with E-state index < -0.39 is 0 Å². The van der Waals surface area contributed by atoms with E-state index in [1.54, 1.807) is 0 Å². The van der Waals surface area contributed by atoms with Crippen molar-refractivity contribution < 1.29 is 4.79 Å². The van der Waals surface area contributed by atoms with Gasteiger partial charge in [0.15, 0.2) is 0 Å². The third-order valence-corrected chi connectivity index (χ3v) is 3.08. The molecule has 0 radical (unpaired) electrons. The molecule has 1 aromatic rings. The molecular weight excluding hydrogens is 224 g/mol. The van der Waals surface area contributed by atoms with Gasteiger partial charge in [0.25, 0.3) is 0 Å². The van der Waals surface area contributed by atoms with E-state index in [1.807, 2.05) is 25.1 Å². The predicted molar refractivity (Wildman–Crippen MR) is 75.4 cm³/mol. The lowest BCUT2D eigenvalue weighted by atomic mass is 9.81. The lowest BCUT2D eigenvalue weighted by Crippen LogP contribution is -2.33. The number of hydrogen-bond donors (Lipinski definition) is 2. The van der Waals surface area contributed by atoms with Crippen molar-refractivity contribution in [2.75, 3.05) is 6.54 Å². The number of nitrogens with two attached hydrogens (primary N) is 1. The van der Waals surface area contributed by atoms with E-state index in [0.717, 1.165) is 6.42 Å². The Labute approximate surface area is 110 Å². The third-order valence-electron chi connectivity index (χ3n) is 3.08. The molecule has 1 aromatic carbocycles. The maximum absolute atomic E-state index is 11.9. The number of nitrogens with one attached hydrogen (secondary N) is 1. The lowest BCUT2D eigenvalue weighted by molar-refractivity contribution is -0.122. The standard InChI is InChI=1S/C15H24N2O/c1-12(16)9-10-17-14(18)11-15(2,3)13-7-5-4-6-8-13/h4-8,12H,9-11,16H2,1-3H3,(H,17,18). The SMILES string of the molecule is CC(N)CCNC(=O)CC(C)(C)c1ccccc1. The quantitative estimate of drug-likeness (QED) is 0.811. The highest BCUT2D eigenvalue weighted by molar-refractivity contribution is 5.77. The summed E-state index contributed by atoms with van der Waals surface area (Å²) in [5, 5.41) is 2.92. The summed E-state index contributed by atoms with van der Waals surface area (Å²) in [5.41, 5.74) is 6.69. The molecule has 0 heterocycles. The van der Waals surface area contributed by atoms with Gasteiger partial charge in [-0.1, -0.05) is 44.2 Å². The summed E-state index contributed by atoms with van der Waals surface area (Å²) in [6, 6.07) is 10.3. The Morgan fingerprint density at radius 1 is 1.33 bits per heavy atom. The minimum Gasteiger partial charge on any atom is -0.356 e. The van der Waals surface area contributed by atoms with Crippen molar-refractivity contribution in [2.45, 2.75) is 45.1 Å². The highest BCUT2D eigenvalue weighted by Crippen LogP contribution is 2.26. The molecule has 1 atom stereocenters. The van der Waals surface area contributed by atoms with Gasteiger partial charge >= 0.3 is 0 Å². The smallest absolute Gasteiger partial charge is 0.220 e. The molecule has 1 unspecified atom stereocenters. The predicted octanol–water partition coefficient (Wildman–Crippen LogP) is 2.21. The number of amides is 1. The highest BCUT2D eigenvalue weighted by atomic mass is 16.1. The number of hydrogen-bond acceptors (Lipinski definition) is 2. The van der Waals surface area contributed by atoms with E-state index in [1.165, 1.54) is 5.56 Å². The number of carbonyl (C=O) groups is 1. The van der Waals surface area contributed by atoms with E-state index in [0.29, 0.717) is 13.0 Å². The summed E-state index contributed by atoms with van der Waals surface area (Å²) in [5.74, 6) is 0.0875. The highest BCUT2D eigenvalue weighted by Gasteiger charge is 2.23. The largest absolute Gasteiger partial charge is 0.356 e. The molecule has 0 spiro atoms. The van der Waals surface area contributed by atoms with Gasteiger partial charge in [0, 0.05) is 19.0 Å². The molecule has 1 rings (SSSR count). The Morgan fingerprint density at radius 2 is 1.94 bits per heavy atom. The van der Waals surface area contributed by atoms with E-state index >= 15 is 0 Å². The fourth-order valence-corrected chi connectivity index (χ4v) is 1.89. The summed E-state index contributed by atoms with van der Waals surface area (Å²) >= 11 is 0. The third kappa shape index (κ3) is 4.88. The van der Waals surface area contributed by atoms with Crippen LogP contribution in [0.25, 0.3) is 0 Å². The van der Waals surface area contributed by atoms with Crippen LogP contribution in [0.15, 0.2) is 30.3 Å². The molecule has 0 saturated carbocycles. The molecular formula is C15H24N2O. The van der Waals surface area contributed by atoms with Crippen LogP contribution in [0.2, 0.25) is 0 Å². The maximum Gasteiger partial charge on any atom is 0.220 e. The van der Waals surface area contributed by atoms with E-state index in [-0.39, 0.29) is 17.4 Å². The zero-order chi connectivity index (χ0) is 13.6. The van der Waals surface area contributed by atoms with E-state index in [4.69, 9.17) is 5.73 Å². The molecule has 0 bridgehead atoms. The van der Waals surface area contributed by atoms with Crippen LogP contribution in [0.5, 0.6) is 0 Å². The van der Waals surface area contributed by atoms with Crippen molar-refractivity contribution in [3.05, 3.63) is 35.9 Å². The van der Waals surface area contributed by atoms with Crippen LogP contribution in [0.3, 0.4) is 0 Å². The molecule has 1 amide bonds. The number of benzene rings is 1. The topological polar surface area (TPSA) is 55.1 Å². The Hall–Kier alpha value is -1.35. The van der Waals surface area contributed by atoms with Crippen molar-refractivity contribution in [3.8, 4) is 0 Å². The first kappa shape index (κ1) is 14.7. The average Bonchev–Trinajstić information content (AvgIpc) is 2.29. The first-order valence-electron chi connectivity index (χ1n) is 6.49. The molecule has 3 heteroatoms. The second kappa shape index (κ2) is 6.55. The van der Waals surface area contributed by atoms with Gasteiger partial charge in [-0.05, 0) is 24.3 Å². The summed E-state index contributed by atoms with van der Waals surface area (Å²) in [4.78, 5) is 11.9. The van der Waals surface area contributed by atoms with Crippen LogP contribution in [0, 0.1) is 0 Å². The Morgan fingerprint density at radius 3 is 2.50 bits per heavy atom. The van der Waals surface area contributed by atoms with Gasteiger partial charge in [-0.2, -0.15) is 0 Å². The Balaban J connectivity index is 2.48. The van der Waals surface area contributed by atoms with E-state index in [9.17, 15) is 4.79 Å². The van der Waals surface area contributed by atoms with Gasteiger partial charge < -0.3 is 11.1 Å². The average molecular weight is 248 g/mol. The van der Waals surface area contributed by atoms with Crippen molar-refractivity contribution in [3.63, 3.8) is 0 Å². The normalized spacial score (nSPS) is 13.1. The molecule has 0 aromatic heterocycles. The molecule has 0 aliphatic rings. The second-order valence-corrected chi connectivity index (χ2v) is 5.54. The fraction of sp³-hybridized carbons (Fsp3) is 0.533. The van der Waals surface area contributed by atoms with Crippen LogP contribution >= 0.6 is 0 Å². The number of carbonyl (C=O) groups excluding carboxylic acids is 1. The molecule has 0 aliphatic heterocycles. The Kier molecular flexibility index (Phi) is 5.35. The van der Waals surface area contributed by atoms with Gasteiger partial charge in [-0.15, -0.1) is 0 Å². The molecule has 3 nitrogen and oxygen atoms in total. The summed E-state index contributed by atoms with van der Waals surface area (Å²) in [6.07, 6.45) is 1.31. The van der Waals surface area contributed by atoms with Crippen molar-refractivity contribution in [1.82, 2.24) is 5.32 Å². The molecule has 0 saturated heterocycles. The summed E-state index contributed by atoms with van der Waals surface area (Å²) in [7, 11) is 0. The van der Waals surface area contributed by atoms with Crippen molar-refractivity contribution in [1.29, 1.82) is 0 Å². The molecule has 0 fully saturated rings. The number of rotatable bonds is 6. The van der Waals surface area contributed by atoms with Crippen LogP contribution < -0.4 is 11.1 Å².